The topological polar surface area (TPSA) is 75.6 Å². The molecule has 0 aliphatic heterocycles. The number of amides is 1. The molecule has 0 fully saturated rings. The van der Waals surface area contributed by atoms with Gasteiger partial charge in [0.2, 0.25) is 5.60 Å². The lowest BCUT2D eigenvalue weighted by Crippen LogP contribution is -2.40. The van der Waals surface area contributed by atoms with Gasteiger partial charge in [0.15, 0.2) is 6.61 Å². The van der Waals surface area contributed by atoms with Gasteiger partial charge >= 0.3 is 5.97 Å². The molecule has 0 radical (unpaired) electrons. The molecule has 0 spiro atoms. The number of hydrogen-bond donors (Lipinski definition) is 2. The van der Waals surface area contributed by atoms with Gasteiger partial charge in [0.25, 0.3) is 5.91 Å². The molecule has 0 aliphatic rings. The summed E-state index contributed by atoms with van der Waals surface area (Å²) in [7, 11) is 0. The van der Waals surface area contributed by atoms with Gasteiger partial charge in [0.05, 0.1) is 6.04 Å². The van der Waals surface area contributed by atoms with Gasteiger partial charge in [0, 0.05) is 0 Å². The van der Waals surface area contributed by atoms with E-state index in [2.05, 4.69) is 5.32 Å². The summed E-state index contributed by atoms with van der Waals surface area (Å²) >= 11 is 0. The molecule has 5 nitrogen and oxygen atoms in total. The van der Waals surface area contributed by atoms with Gasteiger partial charge in [-0.25, -0.2) is 4.79 Å². The molecular weight excluding hydrogens is 366 g/mol. The second-order valence-electron chi connectivity index (χ2n) is 6.72. The molecule has 1 atom stereocenters. The molecule has 0 saturated carbocycles. The van der Waals surface area contributed by atoms with Crippen LogP contribution >= 0.6 is 0 Å². The van der Waals surface area contributed by atoms with E-state index in [1.54, 1.807) is 60.7 Å². The molecule has 5 heteroatoms. The lowest BCUT2D eigenvalue weighted by atomic mass is 9.86. The molecule has 29 heavy (non-hydrogen) atoms. The Balaban J connectivity index is 1.72. The quantitative estimate of drug-likeness (QED) is 0.608. The number of carbonyl (C=O) groups is 2. The van der Waals surface area contributed by atoms with E-state index >= 15 is 0 Å². The Hall–Kier alpha value is -3.44. The number of nitrogens with one attached hydrogen (secondary N) is 1. The second kappa shape index (κ2) is 9.17. The maximum Gasteiger partial charge on any atom is 0.348 e. The molecule has 0 heterocycles. The minimum Gasteiger partial charge on any atom is -0.453 e. The minimum atomic E-state index is -2.01. The van der Waals surface area contributed by atoms with Crippen LogP contribution in [0.5, 0.6) is 0 Å². The average molecular weight is 389 g/mol. The van der Waals surface area contributed by atoms with Crippen LogP contribution in [0.25, 0.3) is 0 Å². The highest BCUT2D eigenvalue weighted by molar-refractivity contribution is 5.88. The van der Waals surface area contributed by atoms with Crippen molar-refractivity contribution in [2.24, 2.45) is 0 Å². The van der Waals surface area contributed by atoms with Crippen molar-refractivity contribution in [2.45, 2.75) is 18.6 Å². The summed E-state index contributed by atoms with van der Waals surface area (Å²) in [6.45, 7) is 1.36. The molecule has 2 N–H and O–H groups in total. The SMILES string of the molecule is CC(NC(=O)COC(=O)C(O)(c1ccccc1)c1ccccc1)c1ccccc1. The lowest BCUT2D eigenvalue weighted by molar-refractivity contribution is -0.164. The van der Waals surface area contributed by atoms with Crippen LogP contribution in [-0.2, 0) is 19.9 Å². The van der Waals surface area contributed by atoms with Gasteiger partial charge in [0.1, 0.15) is 0 Å². The van der Waals surface area contributed by atoms with Crippen LogP contribution < -0.4 is 5.32 Å². The summed E-state index contributed by atoms with van der Waals surface area (Å²) < 4.78 is 5.21. The largest absolute Gasteiger partial charge is 0.453 e. The van der Waals surface area contributed by atoms with Gasteiger partial charge in [-0.1, -0.05) is 91.0 Å². The van der Waals surface area contributed by atoms with Crippen LogP contribution in [0.2, 0.25) is 0 Å². The zero-order valence-electron chi connectivity index (χ0n) is 16.1. The maximum atomic E-state index is 12.9. The number of benzene rings is 3. The first-order valence-corrected chi connectivity index (χ1v) is 9.36. The molecule has 3 aromatic carbocycles. The molecule has 148 valence electrons. The molecule has 0 aromatic heterocycles. The molecular formula is C24H23NO4. The van der Waals surface area contributed by atoms with E-state index in [1.165, 1.54) is 0 Å². The van der Waals surface area contributed by atoms with Crippen LogP contribution in [0.4, 0.5) is 0 Å². The summed E-state index contributed by atoms with van der Waals surface area (Å²) in [4.78, 5) is 25.1. The van der Waals surface area contributed by atoms with E-state index in [0.717, 1.165) is 5.56 Å². The van der Waals surface area contributed by atoms with Crippen molar-refractivity contribution in [3.05, 3.63) is 108 Å². The summed E-state index contributed by atoms with van der Waals surface area (Å²) in [5.74, 6) is -1.35. The lowest BCUT2D eigenvalue weighted by Gasteiger charge is -2.27. The third-order valence-electron chi connectivity index (χ3n) is 4.69. The molecule has 0 aliphatic carbocycles. The maximum absolute atomic E-state index is 12.9. The van der Waals surface area contributed by atoms with Crippen molar-refractivity contribution < 1.29 is 19.4 Å². The summed E-state index contributed by atoms with van der Waals surface area (Å²) in [5.41, 5.74) is -0.325. The Morgan fingerprint density at radius 2 is 1.31 bits per heavy atom. The fourth-order valence-corrected chi connectivity index (χ4v) is 3.10. The van der Waals surface area contributed by atoms with Crippen LogP contribution in [0.3, 0.4) is 0 Å². The van der Waals surface area contributed by atoms with Crippen molar-refractivity contribution in [3.8, 4) is 0 Å². The summed E-state index contributed by atoms with van der Waals surface area (Å²) in [6, 6.07) is 26.3. The fraction of sp³-hybridized carbons (Fsp3) is 0.167. The molecule has 3 rings (SSSR count). The van der Waals surface area contributed by atoms with Gasteiger partial charge < -0.3 is 15.2 Å². The smallest absolute Gasteiger partial charge is 0.348 e. The van der Waals surface area contributed by atoms with Crippen LogP contribution in [0, 0.1) is 0 Å². The molecule has 0 bridgehead atoms. The third-order valence-corrected chi connectivity index (χ3v) is 4.69. The number of rotatable bonds is 7. The van der Waals surface area contributed by atoms with Gasteiger partial charge in [-0.2, -0.15) is 0 Å². The van der Waals surface area contributed by atoms with Crippen molar-refractivity contribution in [3.63, 3.8) is 0 Å². The highest BCUT2D eigenvalue weighted by Crippen LogP contribution is 2.31. The zero-order chi connectivity index (χ0) is 20.7. The Morgan fingerprint density at radius 1 is 0.862 bits per heavy atom. The first-order valence-electron chi connectivity index (χ1n) is 9.36. The van der Waals surface area contributed by atoms with E-state index in [0.29, 0.717) is 11.1 Å². The summed E-state index contributed by atoms with van der Waals surface area (Å²) in [6.07, 6.45) is 0. The van der Waals surface area contributed by atoms with Gasteiger partial charge in [-0.15, -0.1) is 0 Å². The fourth-order valence-electron chi connectivity index (χ4n) is 3.10. The Kier molecular flexibility index (Phi) is 6.42. The van der Waals surface area contributed by atoms with E-state index in [9.17, 15) is 14.7 Å². The second-order valence-corrected chi connectivity index (χ2v) is 6.72. The van der Waals surface area contributed by atoms with Crippen LogP contribution in [0.1, 0.15) is 29.7 Å². The number of esters is 1. The molecule has 1 amide bonds. The normalized spacial score (nSPS) is 12.1. The number of ether oxygens (including phenoxy) is 1. The van der Waals surface area contributed by atoms with E-state index in [-0.39, 0.29) is 6.04 Å². The molecule has 1 unspecified atom stereocenters. The van der Waals surface area contributed by atoms with Crippen molar-refractivity contribution in [1.29, 1.82) is 0 Å². The van der Waals surface area contributed by atoms with E-state index in [1.807, 2.05) is 37.3 Å². The minimum absolute atomic E-state index is 0.232. The van der Waals surface area contributed by atoms with Crippen molar-refractivity contribution in [2.75, 3.05) is 6.61 Å². The summed E-state index contributed by atoms with van der Waals surface area (Å²) in [5, 5.41) is 14.1. The van der Waals surface area contributed by atoms with Gasteiger partial charge in [-0.05, 0) is 23.6 Å². The highest BCUT2D eigenvalue weighted by Gasteiger charge is 2.41. The molecule has 3 aromatic rings. The highest BCUT2D eigenvalue weighted by atomic mass is 16.6. The predicted octanol–water partition coefficient (Wildman–Crippen LogP) is 3.34. The monoisotopic (exact) mass is 389 g/mol. The molecule has 0 saturated heterocycles. The van der Waals surface area contributed by atoms with E-state index in [4.69, 9.17) is 4.74 Å². The Bertz CT molecular complexity index is 903. The average Bonchev–Trinajstić information content (AvgIpc) is 2.78. The van der Waals surface area contributed by atoms with Gasteiger partial charge in [-0.3, -0.25) is 4.79 Å². The standard InChI is InChI=1S/C24H23NO4/c1-18(19-11-5-2-6-12-19)25-22(26)17-29-23(27)24(28,20-13-7-3-8-14-20)21-15-9-4-10-16-21/h2-16,18,28H,17H2,1H3,(H,25,26). The van der Waals surface area contributed by atoms with Crippen molar-refractivity contribution >= 4 is 11.9 Å². The third kappa shape index (κ3) is 4.70. The van der Waals surface area contributed by atoms with Crippen LogP contribution in [-0.4, -0.2) is 23.6 Å². The first-order chi connectivity index (χ1) is 14.0. The number of aliphatic hydroxyl groups is 1. The Morgan fingerprint density at radius 3 is 1.79 bits per heavy atom. The predicted molar refractivity (Wildman–Crippen MR) is 110 cm³/mol. The first kappa shape index (κ1) is 20.3. The van der Waals surface area contributed by atoms with E-state index < -0.39 is 24.1 Å². The Labute approximate surface area is 170 Å². The zero-order valence-corrected chi connectivity index (χ0v) is 16.1. The van der Waals surface area contributed by atoms with Crippen molar-refractivity contribution in [1.82, 2.24) is 5.32 Å². The number of carbonyl (C=O) groups excluding carboxylic acids is 2. The van der Waals surface area contributed by atoms with Crippen LogP contribution in [0.15, 0.2) is 91.0 Å². The number of hydrogen-bond acceptors (Lipinski definition) is 4.